The Morgan fingerprint density at radius 2 is 1.82 bits per heavy atom. The molecule has 0 saturated carbocycles. The van der Waals surface area contributed by atoms with Crippen LogP contribution in [-0.4, -0.2) is 48.2 Å². The molecule has 1 saturated heterocycles. The molecule has 1 fully saturated rings. The zero-order valence-electron chi connectivity index (χ0n) is 18.6. The maximum atomic E-state index is 12.8. The lowest BCUT2D eigenvalue weighted by atomic mass is 9.82. The third-order valence-corrected chi connectivity index (χ3v) is 6.85. The lowest BCUT2D eigenvalue weighted by Gasteiger charge is -2.44. The van der Waals surface area contributed by atoms with Gasteiger partial charge >= 0.3 is 0 Å². The molecule has 8 heteroatoms. The molecule has 1 amide bonds. The zero-order chi connectivity index (χ0) is 23.8. The fourth-order valence-corrected chi connectivity index (χ4v) is 5.01. The van der Waals surface area contributed by atoms with Crippen molar-refractivity contribution < 1.29 is 23.9 Å². The number of likely N-dealkylation sites (tertiary alicyclic amines) is 1. The fourth-order valence-electron chi connectivity index (χ4n) is 4.57. The third kappa shape index (κ3) is 4.87. The molecule has 1 spiro atoms. The number of carbonyl (C=O) groups is 3. The molecule has 2 aliphatic heterocycles. The van der Waals surface area contributed by atoms with Gasteiger partial charge in [0.25, 0.3) is 0 Å². The first-order valence-electron chi connectivity index (χ1n) is 10.9. The largest absolute Gasteiger partial charge is 0.496 e. The van der Waals surface area contributed by atoms with Gasteiger partial charge in [-0.2, -0.15) is 0 Å². The minimum atomic E-state index is -0.608. The van der Waals surface area contributed by atoms with E-state index >= 15 is 0 Å². The highest BCUT2D eigenvalue weighted by molar-refractivity contribution is 6.31. The van der Waals surface area contributed by atoms with Crippen molar-refractivity contribution in [2.45, 2.75) is 44.6 Å². The number of halogens is 2. The minimum Gasteiger partial charge on any atom is -0.496 e. The SMILES string of the molecule is COc1ccc(Cl)cc1C(=O)CCC(=O)N1CCC2(CC1)CC(=O)c1cc(Cl)cc(C)c1O2. The first-order valence-corrected chi connectivity index (χ1v) is 11.6. The van der Waals surface area contributed by atoms with Crippen molar-refractivity contribution in [2.24, 2.45) is 0 Å². The second-order valence-electron chi connectivity index (χ2n) is 8.63. The lowest BCUT2D eigenvalue weighted by molar-refractivity contribution is -0.134. The Kier molecular flexibility index (Phi) is 6.68. The zero-order valence-corrected chi connectivity index (χ0v) is 20.1. The van der Waals surface area contributed by atoms with E-state index < -0.39 is 5.60 Å². The van der Waals surface area contributed by atoms with Crippen LogP contribution in [0.15, 0.2) is 30.3 Å². The highest BCUT2D eigenvalue weighted by Gasteiger charge is 2.44. The first kappa shape index (κ1) is 23.6. The van der Waals surface area contributed by atoms with Crippen LogP contribution in [0.2, 0.25) is 10.0 Å². The molecule has 2 heterocycles. The van der Waals surface area contributed by atoms with Crippen molar-refractivity contribution >= 4 is 40.7 Å². The highest BCUT2D eigenvalue weighted by atomic mass is 35.5. The molecule has 2 aromatic carbocycles. The Labute approximate surface area is 202 Å². The maximum absolute atomic E-state index is 12.8. The summed E-state index contributed by atoms with van der Waals surface area (Å²) in [6.07, 6.45) is 1.56. The number of methoxy groups -OCH3 is 1. The van der Waals surface area contributed by atoms with Gasteiger partial charge in [0.1, 0.15) is 17.1 Å². The van der Waals surface area contributed by atoms with Crippen molar-refractivity contribution in [3.8, 4) is 11.5 Å². The molecule has 174 valence electrons. The molecule has 2 aliphatic rings. The molecule has 0 N–H and O–H groups in total. The monoisotopic (exact) mass is 489 g/mol. The Hall–Kier alpha value is -2.57. The fraction of sp³-hybridized carbons (Fsp3) is 0.400. The van der Waals surface area contributed by atoms with Crippen molar-refractivity contribution in [3.05, 3.63) is 57.1 Å². The first-order chi connectivity index (χ1) is 15.7. The predicted molar refractivity (Wildman–Crippen MR) is 126 cm³/mol. The number of piperidine rings is 1. The second-order valence-corrected chi connectivity index (χ2v) is 9.51. The maximum Gasteiger partial charge on any atom is 0.223 e. The van der Waals surface area contributed by atoms with Crippen LogP contribution in [0.1, 0.15) is 58.4 Å². The summed E-state index contributed by atoms with van der Waals surface area (Å²) in [6, 6.07) is 8.29. The Balaban J connectivity index is 1.36. The van der Waals surface area contributed by atoms with Crippen LogP contribution >= 0.6 is 23.2 Å². The van der Waals surface area contributed by atoms with Crippen molar-refractivity contribution in [1.29, 1.82) is 0 Å². The van der Waals surface area contributed by atoms with Gasteiger partial charge in [-0.25, -0.2) is 0 Å². The second kappa shape index (κ2) is 9.35. The Morgan fingerprint density at radius 3 is 2.52 bits per heavy atom. The number of carbonyl (C=O) groups excluding carboxylic acids is 3. The summed E-state index contributed by atoms with van der Waals surface area (Å²) in [7, 11) is 1.49. The molecule has 0 radical (unpaired) electrons. The van der Waals surface area contributed by atoms with Gasteiger partial charge in [-0.15, -0.1) is 0 Å². The van der Waals surface area contributed by atoms with E-state index in [9.17, 15) is 14.4 Å². The number of amides is 1. The number of benzene rings is 2. The van der Waals surface area contributed by atoms with Crippen LogP contribution in [-0.2, 0) is 4.79 Å². The number of rotatable bonds is 5. The molecule has 4 rings (SSSR count). The average molecular weight is 490 g/mol. The smallest absolute Gasteiger partial charge is 0.223 e. The number of hydrogen-bond donors (Lipinski definition) is 0. The summed E-state index contributed by atoms with van der Waals surface area (Å²) in [4.78, 5) is 39.9. The van der Waals surface area contributed by atoms with E-state index in [0.717, 1.165) is 5.56 Å². The standard InChI is InChI=1S/C25H25Cl2NO5/c1-15-11-17(27)13-19-21(30)14-25(33-24(15)19)7-9-28(10-8-25)23(31)6-4-20(29)18-12-16(26)3-5-22(18)32-2/h3,5,11-13H,4,6-10,14H2,1-2H3. The topological polar surface area (TPSA) is 72.9 Å². The van der Waals surface area contributed by atoms with E-state index in [1.807, 2.05) is 6.92 Å². The molecular weight excluding hydrogens is 465 g/mol. The number of Topliss-reactive ketones (excluding diaryl/α,β-unsaturated/α-hetero) is 2. The van der Waals surface area contributed by atoms with Crippen LogP contribution in [0.5, 0.6) is 11.5 Å². The number of fused-ring (bicyclic) bond motifs is 1. The van der Waals surface area contributed by atoms with E-state index in [1.165, 1.54) is 7.11 Å². The molecule has 0 atom stereocenters. The minimum absolute atomic E-state index is 0.0164. The van der Waals surface area contributed by atoms with E-state index in [4.69, 9.17) is 32.7 Å². The molecule has 0 aliphatic carbocycles. The van der Waals surface area contributed by atoms with Gasteiger partial charge in [-0.1, -0.05) is 23.2 Å². The number of aryl methyl sites for hydroxylation is 1. The van der Waals surface area contributed by atoms with E-state index in [-0.39, 0.29) is 36.7 Å². The van der Waals surface area contributed by atoms with Gasteiger partial charge in [0.15, 0.2) is 11.6 Å². The van der Waals surface area contributed by atoms with E-state index in [1.54, 1.807) is 35.2 Å². The molecule has 6 nitrogen and oxygen atoms in total. The number of nitrogens with zero attached hydrogens (tertiary/aromatic N) is 1. The van der Waals surface area contributed by atoms with E-state index in [0.29, 0.717) is 58.6 Å². The Bertz CT molecular complexity index is 1120. The van der Waals surface area contributed by atoms with Crippen LogP contribution in [0.4, 0.5) is 0 Å². The van der Waals surface area contributed by atoms with Gasteiger partial charge in [-0.05, 0) is 42.8 Å². The van der Waals surface area contributed by atoms with Gasteiger partial charge in [0, 0.05) is 48.8 Å². The molecule has 0 aromatic heterocycles. The summed E-state index contributed by atoms with van der Waals surface area (Å²) < 4.78 is 11.6. The van der Waals surface area contributed by atoms with Crippen LogP contribution in [0.25, 0.3) is 0 Å². The van der Waals surface area contributed by atoms with Crippen LogP contribution in [0, 0.1) is 6.92 Å². The molecule has 0 bridgehead atoms. The lowest BCUT2D eigenvalue weighted by Crippen LogP contribution is -2.52. The average Bonchev–Trinajstić information content (AvgIpc) is 2.78. The molecule has 0 unspecified atom stereocenters. The number of ether oxygens (including phenoxy) is 2. The van der Waals surface area contributed by atoms with Crippen molar-refractivity contribution in [2.75, 3.05) is 20.2 Å². The third-order valence-electron chi connectivity index (χ3n) is 6.40. The summed E-state index contributed by atoms with van der Waals surface area (Å²) in [5.41, 5.74) is 1.12. The molecular formula is C25H25Cl2NO5. The van der Waals surface area contributed by atoms with Gasteiger partial charge in [-0.3, -0.25) is 14.4 Å². The summed E-state index contributed by atoms with van der Waals surface area (Å²) >= 11 is 12.1. The summed E-state index contributed by atoms with van der Waals surface area (Å²) in [5, 5.41) is 0.956. The quantitative estimate of drug-likeness (QED) is 0.532. The van der Waals surface area contributed by atoms with Gasteiger partial charge in [0.2, 0.25) is 5.91 Å². The summed E-state index contributed by atoms with van der Waals surface area (Å²) in [6.45, 7) is 2.83. The van der Waals surface area contributed by atoms with Gasteiger partial charge in [0.05, 0.1) is 24.7 Å². The predicted octanol–water partition coefficient (Wildman–Crippen LogP) is 5.30. The Morgan fingerprint density at radius 1 is 1.09 bits per heavy atom. The molecule has 33 heavy (non-hydrogen) atoms. The van der Waals surface area contributed by atoms with Gasteiger partial charge < -0.3 is 14.4 Å². The van der Waals surface area contributed by atoms with Crippen LogP contribution in [0.3, 0.4) is 0 Å². The number of hydrogen-bond acceptors (Lipinski definition) is 5. The summed E-state index contributed by atoms with van der Waals surface area (Å²) in [5.74, 6) is 0.764. The van der Waals surface area contributed by atoms with E-state index in [2.05, 4.69) is 0 Å². The van der Waals surface area contributed by atoms with Crippen molar-refractivity contribution in [1.82, 2.24) is 4.90 Å². The highest BCUT2D eigenvalue weighted by Crippen LogP contribution is 2.42. The molecule has 2 aromatic rings. The number of ketones is 2. The van der Waals surface area contributed by atoms with Crippen molar-refractivity contribution in [3.63, 3.8) is 0 Å². The van der Waals surface area contributed by atoms with Crippen LogP contribution < -0.4 is 9.47 Å². The normalized spacial score (nSPS) is 16.8.